The minimum absolute atomic E-state index is 0.151. The summed E-state index contributed by atoms with van der Waals surface area (Å²) < 4.78 is 5.56. The van der Waals surface area contributed by atoms with Crippen LogP contribution in [0.2, 0.25) is 0 Å². The average Bonchev–Trinajstić information content (AvgIpc) is 2.89. The van der Waals surface area contributed by atoms with Gasteiger partial charge < -0.3 is 19.8 Å². The van der Waals surface area contributed by atoms with Gasteiger partial charge in [0.15, 0.2) is 5.82 Å². The van der Waals surface area contributed by atoms with Crippen molar-refractivity contribution < 1.29 is 14.9 Å². The van der Waals surface area contributed by atoms with Crippen LogP contribution in [-0.2, 0) is 4.74 Å². The summed E-state index contributed by atoms with van der Waals surface area (Å²) in [6.45, 7) is 5.44. The molecular weight excluding hydrogens is 294 g/mol. The Morgan fingerprint density at radius 2 is 2.04 bits per heavy atom. The molecule has 1 aromatic carbocycles. The molecule has 3 rings (SSSR count). The maximum atomic E-state index is 10.1. The number of rotatable bonds is 4. The molecule has 2 aromatic rings. The maximum absolute atomic E-state index is 10.1. The first-order valence-electron chi connectivity index (χ1n) is 7.77. The molecule has 0 unspecified atom stereocenters. The van der Waals surface area contributed by atoms with Crippen LogP contribution in [0, 0.1) is 6.92 Å². The van der Waals surface area contributed by atoms with Crippen molar-refractivity contribution in [3.05, 3.63) is 36.0 Å². The highest BCUT2D eigenvalue weighted by molar-refractivity contribution is 5.65. The Labute approximate surface area is 135 Å². The molecule has 1 aliphatic heterocycles. The lowest BCUT2D eigenvalue weighted by Crippen LogP contribution is -2.26. The summed E-state index contributed by atoms with van der Waals surface area (Å²) >= 11 is 0. The van der Waals surface area contributed by atoms with E-state index in [4.69, 9.17) is 4.74 Å². The van der Waals surface area contributed by atoms with Crippen molar-refractivity contribution in [3.63, 3.8) is 0 Å². The topological polar surface area (TPSA) is 78.7 Å². The van der Waals surface area contributed by atoms with Gasteiger partial charge in [-0.15, -0.1) is 0 Å². The molecule has 122 valence electrons. The highest BCUT2D eigenvalue weighted by Crippen LogP contribution is 2.29. The van der Waals surface area contributed by atoms with Gasteiger partial charge in [0.1, 0.15) is 17.7 Å². The third kappa shape index (κ3) is 3.28. The number of aliphatic hydroxyl groups excluding tert-OH is 1. The number of aliphatic hydroxyl groups is 1. The predicted molar refractivity (Wildman–Crippen MR) is 87.5 cm³/mol. The van der Waals surface area contributed by atoms with Gasteiger partial charge in [0.2, 0.25) is 0 Å². The summed E-state index contributed by atoms with van der Waals surface area (Å²) in [4.78, 5) is 11.0. The number of ether oxygens (including phenoxy) is 1. The highest BCUT2D eigenvalue weighted by Gasteiger charge is 2.32. The third-order valence-corrected chi connectivity index (χ3v) is 3.93. The Morgan fingerprint density at radius 3 is 2.78 bits per heavy atom. The molecule has 1 aliphatic rings. The van der Waals surface area contributed by atoms with Gasteiger partial charge in [-0.3, -0.25) is 0 Å². The van der Waals surface area contributed by atoms with Crippen molar-refractivity contribution in [3.8, 4) is 17.1 Å². The number of hydrogen-bond donors (Lipinski definition) is 2. The minimum atomic E-state index is -0.529. The van der Waals surface area contributed by atoms with Crippen molar-refractivity contribution in [2.75, 3.05) is 24.6 Å². The van der Waals surface area contributed by atoms with Crippen molar-refractivity contribution in [1.82, 2.24) is 9.97 Å². The first kappa shape index (κ1) is 15.7. The molecule has 2 N–H and O–H groups in total. The molecule has 0 bridgehead atoms. The van der Waals surface area contributed by atoms with Crippen LogP contribution in [0.25, 0.3) is 11.4 Å². The zero-order valence-corrected chi connectivity index (χ0v) is 13.3. The van der Waals surface area contributed by atoms with E-state index in [9.17, 15) is 10.2 Å². The molecule has 0 amide bonds. The fraction of sp³-hybridized carbons (Fsp3) is 0.412. The lowest BCUT2D eigenvalue weighted by Gasteiger charge is -2.18. The third-order valence-electron chi connectivity index (χ3n) is 3.93. The van der Waals surface area contributed by atoms with E-state index in [1.807, 2.05) is 30.9 Å². The summed E-state index contributed by atoms with van der Waals surface area (Å²) in [6, 6.07) is 8.88. The Bertz CT molecular complexity index is 693. The van der Waals surface area contributed by atoms with Crippen molar-refractivity contribution >= 4 is 5.82 Å². The fourth-order valence-electron chi connectivity index (χ4n) is 2.82. The van der Waals surface area contributed by atoms with E-state index >= 15 is 0 Å². The molecule has 1 saturated heterocycles. The molecule has 1 fully saturated rings. The van der Waals surface area contributed by atoms with E-state index in [-0.39, 0.29) is 11.9 Å². The van der Waals surface area contributed by atoms with Gasteiger partial charge in [-0.1, -0.05) is 12.1 Å². The number of β-amino-alcohol motifs (C(OH)–C–C–N with tert-alkyl or cyclic N) is 1. The number of hydrogen-bond acceptors (Lipinski definition) is 6. The quantitative estimate of drug-likeness (QED) is 0.895. The number of aromatic nitrogens is 2. The van der Waals surface area contributed by atoms with E-state index in [0.717, 1.165) is 11.5 Å². The van der Waals surface area contributed by atoms with E-state index in [2.05, 4.69) is 9.97 Å². The largest absolute Gasteiger partial charge is 0.507 e. The standard InChI is InChI=1S/C17H21N3O3/c1-3-23-15-10-20(9-14(15)22)16-8-11(2)18-17(19-16)12-6-4-5-7-13(12)21/h4-8,14-15,21-22H,3,9-10H2,1-2H3/t14-,15-/m0/s1. The van der Waals surface area contributed by atoms with Crippen LogP contribution in [0.1, 0.15) is 12.6 Å². The monoisotopic (exact) mass is 315 g/mol. The zero-order chi connectivity index (χ0) is 16.4. The molecule has 0 radical (unpaired) electrons. The van der Waals surface area contributed by atoms with E-state index in [1.54, 1.807) is 18.2 Å². The Morgan fingerprint density at radius 1 is 1.26 bits per heavy atom. The van der Waals surface area contributed by atoms with E-state index in [0.29, 0.717) is 31.1 Å². The molecule has 6 heteroatoms. The van der Waals surface area contributed by atoms with Gasteiger partial charge in [-0.2, -0.15) is 0 Å². The second-order valence-electron chi connectivity index (χ2n) is 5.67. The Balaban J connectivity index is 1.91. The minimum Gasteiger partial charge on any atom is -0.507 e. The number of phenols is 1. The Hall–Kier alpha value is -2.18. The zero-order valence-electron chi connectivity index (χ0n) is 13.3. The van der Waals surface area contributed by atoms with Gasteiger partial charge in [0.25, 0.3) is 0 Å². The van der Waals surface area contributed by atoms with Gasteiger partial charge in [0, 0.05) is 31.5 Å². The number of nitrogens with zero attached hydrogens (tertiary/aromatic N) is 3. The average molecular weight is 315 g/mol. The van der Waals surface area contributed by atoms with Crippen LogP contribution < -0.4 is 4.90 Å². The molecular formula is C17H21N3O3. The number of benzene rings is 1. The number of aromatic hydroxyl groups is 1. The SMILES string of the molecule is CCO[C@H]1CN(c2cc(C)nc(-c3ccccc3O)n2)C[C@@H]1O. The van der Waals surface area contributed by atoms with Gasteiger partial charge >= 0.3 is 0 Å². The highest BCUT2D eigenvalue weighted by atomic mass is 16.5. The predicted octanol–water partition coefficient (Wildman–Crippen LogP) is 1.74. The first-order valence-corrected chi connectivity index (χ1v) is 7.77. The molecule has 1 aromatic heterocycles. The molecule has 23 heavy (non-hydrogen) atoms. The summed E-state index contributed by atoms with van der Waals surface area (Å²) in [5.41, 5.74) is 1.40. The lowest BCUT2D eigenvalue weighted by molar-refractivity contribution is -0.00189. The summed E-state index contributed by atoms with van der Waals surface area (Å²) in [7, 11) is 0. The molecule has 6 nitrogen and oxygen atoms in total. The maximum Gasteiger partial charge on any atom is 0.165 e. The van der Waals surface area contributed by atoms with Crippen molar-refractivity contribution in [2.45, 2.75) is 26.1 Å². The molecule has 0 saturated carbocycles. The smallest absolute Gasteiger partial charge is 0.165 e. The lowest BCUT2D eigenvalue weighted by atomic mass is 10.2. The molecule has 0 aliphatic carbocycles. The van der Waals surface area contributed by atoms with Gasteiger partial charge in [-0.25, -0.2) is 9.97 Å². The normalized spacial score (nSPS) is 20.9. The van der Waals surface area contributed by atoms with Crippen LogP contribution in [0.5, 0.6) is 5.75 Å². The summed E-state index contributed by atoms with van der Waals surface area (Å²) in [5, 5.41) is 20.1. The van der Waals surface area contributed by atoms with E-state index < -0.39 is 6.10 Å². The van der Waals surface area contributed by atoms with Crippen LogP contribution >= 0.6 is 0 Å². The van der Waals surface area contributed by atoms with Crippen molar-refractivity contribution in [2.24, 2.45) is 0 Å². The number of anilines is 1. The van der Waals surface area contributed by atoms with E-state index in [1.165, 1.54) is 0 Å². The number of aryl methyl sites for hydroxylation is 1. The first-order chi connectivity index (χ1) is 11.1. The molecule has 2 atom stereocenters. The fourth-order valence-corrected chi connectivity index (χ4v) is 2.82. The number of phenolic OH excluding ortho intramolecular Hbond substituents is 1. The Kier molecular flexibility index (Phi) is 4.45. The second-order valence-corrected chi connectivity index (χ2v) is 5.67. The molecule has 2 heterocycles. The van der Waals surface area contributed by atoms with Crippen LogP contribution in [0.3, 0.4) is 0 Å². The summed E-state index contributed by atoms with van der Waals surface area (Å²) in [6.07, 6.45) is -0.734. The van der Waals surface area contributed by atoms with Gasteiger partial charge in [-0.05, 0) is 26.0 Å². The van der Waals surface area contributed by atoms with Crippen LogP contribution in [0.4, 0.5) is 5.82 Å². The van der Waals surface area contributed by atoms with Crippen molar-refractivity contribution in [1.29, 1.82) is 0 Å². The molecule has 0 spiro atoms. The second kappa shape index (κ2) is 6.52. The summed E-state index contributed by atoms with van der Waals surface area (Å²) in [5.74, 6) is 1.36. The van der Waals surface area contributed by atoms with Crippen LogP contribution in [0.15, 0.2) is 30.3 Å². The van der Waals surface area contributed by atoms with Crippen LogP contribution in [-0.4, -0.2) is 52.1 Å². The van der Waals surface area contributed by atoms with Gasteiger partial charge in [0.05, 0.1) is 11.7 Å². The number of para-hydroxylation sites is 1.